The number of fused-ring (bicyclic) bond motifs is 2. The summed E-state index contributed by atoms with van der Waals surface area (Å²) in [4.78, 5) is 1.83. The van der Waals surface area contributed by atoms with Crippen molar-refractivity contribution in [3.63, 3.8) is 0 Å². The van der Waals surface area contributed by atoms with Crippen molar-refractivity contribution in [3.05, 3.63) is 30.3 Å². The van der Waals surface area contributed by atoms with Gasteiger partial charge in [-0.2, -0.15) is 5.10 Å². The Morgan fingerprint density at radius 1 is 1.27 bits per heavy atom. The van der Waals surface area contributed by atoms with Crippen molar-refractivity contribution >= 4 is 16.5 Å². The summed E-state index contributed by atoms with van der Waals surface area (Å²) in [5.41, 5.74) is 1.10. The molecule has 0 aliphatic carbocycles. The number of nitrogens with one attached hydrogen (secondary N) is 1. The highest BCUT2D eigenvalue weighted by Crippen LogP contribution is 2.40. The van der Waals surface area contributed by atoms with E-state index < -0.39 is 12.0 Å². The number of aryl methyl sites for hydroxylation is 1. The van der Waals surface area contributed by atoms with Crippen molar-refractivity contribution in [2.45, 2.75) is 43.6 Å². The highest BCUT2D eigenvalue weighted by Gasteiger charge is 2.44. The second-order valence-corrected chi connectivity index (χ2v) is 9.00. The normalized spacial score (nSPS) is 25.6. The molecule has 2 bridgehead atoms. The van der Waals surface area contributed by atoms with Crippen LogP contribution in [0.1, 0.15) is 19.3 Å². The quantitative estimate of drug-likeness (QED) is 0.660. The number of piperidine rings is 1. The van der Waals surface area contributed by atoms with Gasteiger partial charge in [-0.15, -0.1) is 10.2 Å². The van der Waals surface area contributed by atoms with Crippen LogP contribution in [0.25, 0.3) is 21.7 Å². The van der Waals surface area contributed by atoms with E-state index in [2.05, 4.69) is 20.6 Å². The highest BCUT2D eigenvalue weighted by atomic mass is 32.1. The molecule has 0 radical (unpaired) electrons. The number of aromatic hydroxyl groups is 1. The van der Waals surface area contributed by atoms with Crippen LogP contribution >= 0.6 is 11.3 Å². The summed E-state index contributed by atoms with van der Waals surface area (Å²) < 4.78 is 31.2. The zero-order valence-corrected chi connectivity index (χ0v) is 17.4. The van der Waals surface area contributed by atoms with Gasteiger partial charge in [0.25, 0.3) is 0 Å². The molecule has 0 spiro atoms. The number of alkyl halides is 1. The minimum atomic E-state index is -0.981. The lowest BCUT2D eigenvalue weighted by Crippen LogP contribution is -2.55. The number of hydrogen-bond acceptors (Lipinski definition) is 7. The highest BCUT2D eigenvalue weighted by molar-refractivity contribution is 7.18. The summed E-state index contributed by atoms with van der Waals surface area (Å²) in [5, 5.41) is 27.1. The molecule has 0 amide bonds. The van der Waals surface area contributed by atoms with Gasteiger partial charge in [0.05, 0.1) is 17.8 Å². The number of halogens is 2. The SMILES string of the molecule is CN(c1nnc(-c2cc(F)c(-c3cnn(C)c3)cc2O)s1)[C@@H]1C[C@H]2CC[C@H](N2)[C@@H]1F. The minimum absolute atomic E-state index is 0.0936. The number of phenolic OH excluding ortho intramolecular Hbond substituents is 1. The first kappa shape index (κ1) is 19.4. The van der Waals surface area contributed by atoms with Crippen molar-refractivity contribution in [2.75, 3.05) is 11.9 Å². The molecule has 2 aromatic heterocycles. The molecule has 30 heavy (non-hydrogen) atoms. The second-order valence-electron chi connectivity index (χ2n) is 8.05. The molecule has 158 valence electrons. The van der Waals surface area contributed by atoms with Gasteiger partial charge >= 0.3 is 0 Å². The van der Waals surface area contributed by atoms with Crippen LogP contribution in [0.2, 0.25) is 0 Å². The molecule has 10 heteroatoms. The van der Waals surface area contributed by atoms with Gasteiger partial charge in [-0.1, -0.05) is 11.3 Å². The smallest absolute Gasteiger partial charge is 0.208 e. The lowest BCUT2D eigenvalue weighted by atomic mass is 9.97. The summed E-state index contributed by atoms with van der Waals surface area (Å²) in [7, 11) is 3.56. The van der Waals surface area contributed by atoms with E-state index in [1.165, 1.54) is 29.7 Å². The molecule has 3 aromatic rings. The van der Waals surface area contributed by atoms with Crippen LogP contribution in [0.5, 0.6) is 5.75 Å². The van der Waals surface area contributed by atoms with Gasteiger partial charge in [0, 0.05) is 43.5 Å². The van der Waals surface area contributed by atoms with E-state index in [4.69, 9.17) is 0 Å². The van der Waals surface area contributed by atoms with Crippen molar-refractivity contribution < 1.29 is 13.9 Å². The topological polar surface area (TPSA) is 79.1 Å². The summed E-state index contributed by atoms with van der Waals surface area (Å²) in [6.07, 6.45) is 4.79. The Bertz CT molecular complexity index is 1090. The number of nitrogens with zero attached hydrogens (tertiary/aromatic N) is 5. The molecule has 7 nitrogen and oxygen atoms in total. The van der Waals surface area contributed by atoms with Gasteiger partial charge in [-0.25, -0.2) is 8.78 Å². The number of anilines is 1. The van der Waals surface area contributed by atoms with Gasteiger partial charge in [-0.3, -0.25) is 4.68 Å². The largest absolute Gasteiger partial charge is 0.507 e. The van der Waals surface area contributed by atoms with Gasteiger partial charge in [0.1, 0.15) is 17.7 Å². The number of rotatable bonds is 4. The molecule has 4 heterocycles. The Kier molecular flexibility index (Phi) is 4.70. The lowest BCUT2D eigenvalue weighted by molar-refractivity contribution is 0.176. The Hall–Kier alpha value is -2.59. The Balaban J connectivity index is 1.42. The molecule has 2 N–H and O–H groups in total. The number of phenols is 1. The third-order valence-corrected chi connectivity index (χ3v) is 7.15. The van der Waals surface area contributed by atoms with Crippen LogP contribution in [0.3, 0.4) is 0 Å². The van der Waals surface area contributed by atoms with Crippen molar-refractivity contribution in [1.82, 2.24) is 25.3 Å². The average molecular weight is 433 g/mol. The molecule has 0 saturated carbocycles. The first-order valence-electron chi connectivity index (χ1n) is 9.89. The van der Waals surface area contributed by atoms with E-state index in [1.807, 2.05) is 11.9 Å². The minimum Gasteiger partial charge on any atom is -0.507 e. The second kappa shape index (κ2) is 7.28. The number of benzene rings is 1. The number of hydrogen-bond donors (Lipinski definition) is 2. The lowest BCUT2D eigenvalue weighted by Gasteiger charge is -2.38. The van der Waals surface area contributed by atoms with E-state index >= 15 is 0 Å². The van der Waals surface area contributed by atoms with Crippen LogP contribution in [0.15, 0.2) is 24.5 Å². The summed E-state index contributed by atoms with van der Waals surface area (Å²) in [6, 6.07) is 2.57. The van der Waals surface area contributed by atoms with Crippen LogP contribution in [0.4, 0.5) is 13.9 Å². The van der Waals surface area contributed by atoms with Gasteiger partial charge in [0.2, 0.25) is 5.13 Å². The summed E-state index contributed by atoms with van der Waals surface area (Å²) in [5.74, 6) is -0.580. The molecule has 2 saturated heterocycles. The molecule has 2 aliphatic rings. The number of aromatic nitrogens is 4. The molecular formula is C20H22F2N6OS. The Labute approximate surface area is 176 Å². The fourth-order valence-corrected chi connectivity index (χ4v) is 5.36. The molecule has 0 unspecified atom stereocenters. The van der Waals surface area contributed by atoms with Crippen LogP contribution in [0, 0.1) is 5.82 Å². The third kappa shape index (κ3) is 3.24. The monoisotopic (exact) mass is 432 g/mol. The van der Waals surface area contributed by atoms with Crippen molar-refractivity contribution in [2.24, 2.45) is 7.05 Å². The Morgan fingerprint density at radius 3 is 2.87 bits per heavy atom. The fraction of sp³-hybridized carbons (Fsp3) is 0.450. The van der Waals surface area contributed by atoms with Crippen LogP contribution < -0.4 is 10.2 Å². The van der Waals surface area contributed by atoms with Gasteiger partial charge in [-0.05, 0) is 31.4 Å². The zero-order chi connectivity index (χ0) is 21.0. The van der Waals surface area contributed by atoms with E-state index in [9.17, 15) is 13.9 Å². The fourth-order valence-electron chi connectivity index (χ4n) is 4.47. The van der Waals surface area contributed by atoms with E-state index in [1.54, 1.807) is 17.9 Å². The molecule has 2 fully saturated rings. The first-order chi connectivity index (χ1) is 14.4. The predicted octanol–water partition coefficient (Wildman–Crippen LogP) is 3.12. The van der Waals surface area contributed by atoms with Crippen molar-refractivity contribution in [3.8, 4) is 27.4 Å². The first-order valence-corrected chi connectivity index (χ1v) is 10.7. The maximum Gasteiger partial charge on any atom is 0.208 e. The van der Waals surface area contributed by atoms with E-state index in [0.717, 1.165) is 12.8 Å². The Morgan fingerprint density at radius 2 is 2.10 bits per heavy atom. The van der Waals surface area contributed by atoms with Gasteiger partial charge < -0.3 is 15.3 Å². The summed E-state index contributed by atoms with van der Waals surface area (Å²) in [6.45, 7) is 0. The van der Waals surface area contributed by atoms with E-state index in [0.29, 0.717) is 28.2 Å². The maximum absolute atomic E-state index is 14.9. The van der Waals surface area contributed by atoms with Crippen molar-refractivity contribution in [1.29, 1.82) is 0 Å². The average Bonchev–Trinajstić information content (AvgIpc) is 3.46. The third-order valence-electron chi connectivity index (χ3n) is 6.10. The molecular weight excluding hydrogens is 410 g/mol. The summed E-state index contributed by atoms with van der Waals surface area (Å²) >= 11 is 1.21. The standard InChI is InChI=1S/C20H22F2N6OS/c1-27-9-10(8-23-27)12-7-17(29)13(6-14(12)21)19-25-26-20(30-19)28(2)16-5-11-3-4-15(24-11)18(16)22/h6-9,11,15-16,18,24,29H,3-5H2,1-2H3/t11-,15+,16-,18+/m1/s1. The van der Waals surface area contributed by atoms with Crippen LogP contribution in [-0.2, 0) is 7.05 Å². The van der Waals surface area contributed by atoms with Crippen LogP contribution in [-0.4, -0.2) is 56.4 Å². The molecule has 1 aromatic carbocycles. The molecule has 2 aliphatic heterocycles. The van der Waals surface area contributed by atoms with Gasteiger partial charge in [0.15, 0.2) is 5.01 Å². The molecule has 4 atom stereocenters. The van der Waals surface area contributed by atoms with E-state index in [-0.39, 0.29) is 29.0 Å². The zero-order valence-electron chi connectivity index (χ0n) is 16.6. The molecule has 5 rings (SSSR count). The predicted molar refractivity (Wildman–Crippen MR) is 111 cm³/mol. The maximum atomic E-state index is 14.9.